The van der Waals surface area contributed by atoms with Gasteiger partial charge in [-0.15, -0.1) is 0 Å². The number of ether oxygens (including phenoxy) is 5. The minimum absolute atomic E-state index is 0.0548. The van der Waals surface area contributed by atoms with Gasteiger partial charge in [0.15, 0.2) is 29.6 Å². The zero-order valence-corrected chi connectivity index (χ0v) is 13.4. The summed E-state index contributed by atoms with van der Waals surface area (Å²) in [6.45, 7) is 0.926. The van der Waals surface area contributed by atoms with E-state index < -0.39 is 0 Å². The zero-order chi connectivity index (χ0) is 17.1. The molecule has 0 bridgehead atoms. The van der Waals surface area contributed by atoms with Gasteiger partial charge in [-0.2, -0.15) is 0 Å². The lowest BCUT2D eigenvalue weighted by molar-refractivity contribution is -0.123. The molecule has 2 aromatic rings. The molecule has 25 heavy (non-hydrogen) atoms. The Morgan fingerprint density at radius 2 is 1.60 bits per heavy atom. The average Bonchev–Trinajstić information content (AvgIpc) is 3.28. The van der Waals surface area contributed by atoms with E-state index in [9.17, 15) is 4.79 Å². The summed E-state index contributed by atoms with van der Waals surface area (Å²) in [6, 6.07) is 11.0. The van der Waals surface area contributed by atoms with Crippen LogP contribution in [0, 0.1) is 0 Å². The maximum absolute atomic E-state index is 11.9. The molecular formula is C18H17NO6. The first kappa shape index (κ1) is 15.4. The third kappa shape index (κ3) is 3.55. The van der Waals surface area contributed by atoms with Crippen molar-refractivity contribution in [2.45, 2.75) is 6.42 Å². The van der Waals surface area contributed by atoms with Crippen LogP contribution in [0.4, 0.5) is 0 Å². The maximum Gasteiger partial charge on any atom is 0.257 e. The number of benzene rings is 2. The van der Waals surface area contributed by atoms with E-state index in [1.54, 1.807) is 18.2 Å². The molecule has 2 aromatic carbocycles. The van der Waals surface area contributed by atoms with Crippen LogP contribution in [0.5, 0.6) is 28.7 Å². The molecular weight excluding hydrogens is 326 g/mol. The summed E-state index contributed by atoms with van der Waals surface area (Å²) in [7, 11) is 0. The molecule has 1 N–H and O–H groups in total. The Bertz CT molecular complexity index is 791. The average molecular weight is 343 g/mol. The molecule has 2 heterocycles. The number of carbonyl (C=O) groups is 1. The van der Waals surface area contributed by atoms with E-state index in [1.807, 2.05) is 18.2 Å². The first-order valence-corrected chi connectivity index (χ1v) is 7.95. The van der Waals surface area contributed by atoms with Gasteiger partial charge in [0.25, 0.3) is 5.91 Å². The fourth-order valence-electron chi connectivity index (χ4n) is 2.61. The molecule has 0 saturated carbocycles. The number of hydrogen-bond acceptors (Lipinski definition) is 6. The minimum Gasteiger partial charge on any atom is -0.484 e. The SMILES string of the molecule is O=C(COc1ccc2c(c1)OCO2)NCCc1ccc2c(c1)OCO2. The number of nitrogens with one attached hydrogen (secondary N) is 1. The van der Waals surface area contributed by atoms with Crippen LogP contribution in [0.1, 0.15) is 5.56 Å². The predicted octanol–water partition coefficient (Wildman–Crippen LogP) is 1.88. The molecule has 4 rings (SSSR count). The molecule has 7 heteroatoms. The highest BCUT2D eigenvalue weighted by Gasteiger charge is 2.15. The fraction of sp³-hybridized carbons (Fsp3) is 0.278. The normalized spacial score (nSPS) is 13.6. The Labute approximate surface area is 144 Å². The van der Waals surface area contributed by atoms with Crippen molar-refractivity contribution in [1.82, 2.24) is 5.32 Å². The van der Waals surface area contributed by atoms with Crippen LogP contribution < -0.4 is 29.0 Å². The first-order valence-electron chi connectivity index (χ1n) is 7.95. The van der Waals surface area contributed by atoms with Crippen molar-refractivity contribution in [3.63, 3.8) is 0 Å². The largest absolute Gasteiger partial charge is 0.484 e. The summed E-state index contributed by atoms with van der Waals surface area (Å²) in [5.41, 5.74) is 1.07. The summed E-state index contributed by atoms with van der Waals surface area (Å²) in [5, 5.41) is 2.83. The molecule has 0 unspecified atom stereocenters. The lowest BCUT2D eigenvalue weighted by Crippen LogP contribution is -2.30. The van der Waals surface area contributed by atoms with Crippen molar-refractivity contribution in [2.75, 3.05) is 26.7 Å². The van der Waals surface area contributed by atoms with Gasteiger partial charge in [0.1, 0.15) is 5.75 Å². The molecule has 0 aliphatic carbocycles. The number of fused-ring (bicyclic) bond motifs is 2. The Hall–Kier alpha value is -3.09. The third-order valence-electron chi connectivity index (χ3n) is 3.89. The second kappa shape index (κ2) is 6.80. The highest BCUT2D eigenvalue weighted by atomic mass is 16.7. The summed E-state index contributed by atoms with van der Waals surface area (Å²) < 4.78 is 26.6. The van der Waals surface area contributed by atoms with Crippen LogP contribution >= 0.6 is 0 Å². The van der Waals surface area contributed by atoms with E-state index in [2.05, 4.69) is 5.32 Å². The van der Waals surface area contributed by atoms with Gasteiger partial charge in [-0.05, 0) is 36.2 Å². The molecule has 0 radical (unpaired) electrons. The van der Waals surface area contributed by atoms with Crippen molar-refractivity contribution in [3.05, 3.63) is 42.0 Å². The zero-order valence-electron chi connectivity index (χ0n) is 13.4. The second-order valence-corrected chi connectivity index (χ2v) is 5.59. The van der Waals surface area contributed by atoms with Crippen molar-refractivity contribution in [1.29, 1.82) is 0 Å². The minimum atomic E-state index is -0.182. The van der Waals surface area contributed by atoms with E-state index in [1.165, 1.54) is 0 Å². The first-order chi connectivity index (χ1) is 12.3. The van der Waals surface area contributed by atoms with Gasteiger partial charge in [0.05, 0.1) is 0 Å². The molecule has 0 saturated heterocycles. The standard InChI is InChI=1S/C18H17NO6/c20-18(9-21-13-2-4-15-17(8-13)25-11-23-15)19-6-5-12-1-3-14-16(7-12)24-10-22-14/h1-4,7-8H,5-6,9-11H2,(H,19,20). The van der Waals surface area contributed by atoms with Gasteiger partial charge in [0.2, 0.25) is 13.6 Å². The van der Waals surface area contributed by atoms with E-state index in [0.29, 0.717) is 30.2 Å². The van der Waals surface area contributed by atoms with E-state index in [4.69, 9.17) is 23.7 Å². The summed E-state index contributed by atoms with van der Waals surface area (Å²) in [5.74, 6) is 3.19. The number of carbonyl (C=O) groups excluding carboxylic acids is 1. The van der Waals surface area contributed by atoms with Gasteiger partial charge in [0, 0.05) is 12.6 Å². The van der Waals surface area contributed by atoms with E-state index in [-0.39, 0.29) is 26.1 Å². The van der Waals surface area contributed by atoms with Crippen LogP contribution in [0.25, 0.3) is 0 Å². The van der Waals surface area contributed by atoms with Gasteiger partial charge in [-0.1, -0.05) is 6.07 Å². The lowest BCUT2D eigenvalue weighted by atomic mass is 10.1. The van der Waals surface area contributed by atoms with Crippen LogP contribution in [0.15, 0.2) is 36.4 Å². The summed E-state index contributed by atoms with van der Waals surface area (Å²) >= 11 is 0. The molecule has 0 aromatic heterocycles. The van der Waals surface area contributed by atoms with Gasteiger partial charge < -0.3 is 29.0 Å². The Morgan fingerprint density at radius 1 is 0.920 bits per heavy atom. The second-order valence-electron chi connectivity index (χ2n) is 5.59. The number of amides is 1. The smallest absolute Gasteiger partial charge is 0.257 e. The Balaban J connectivity index is 1.21. The summed E-state index contributed by atoms with van der Waals surface area (Å²) in [6.07, 6.45) is 0.701. The molecule has 0 atom stereocenters. The van der Waals surface area contributed by atoms with Crippen LogP contribution in [0.3, 0.4) is 0 Å². The number of rotatable bonds is 6. The molecule has 0 fully saturated rings. The lowest BCUT2D eigenvalue weighted by Gasteiger charge is -2.08. The fourth-order valence-corrected chi connectivity index (χ4v) is 2.61. The van der Waals surface area contributed by atoms with Gasteiger partial charge in [-0.25, -0.2) is 0 Å². The van der Waals surface area contributed by atoms with Crippen molar-refractivity contribution >= 4 is 5.91 Å². The van der Waals surface area contributed by atoms with Crippen molar-refractivity contribution in [2.24, 2.45) is 0 Å². The topological polar surface area (TPSA) is 75.3 Å². The molecule has 2 aliphatic heterocycles. The quantitative estimate of drug-likeness (QED) is 0.863. The van der Waals surface area contributed by atoms with Crippen molar-refractivity contribution in [3.8, 4) is 28.7 Å². The predicted molar refractivity (Wildman–Crippen MR) is 87.3 cm³/mol. The van der Waals surface area contributed by atoms with Crippen LogP contribution in [-0.2, 0) is 11.2 Å². The summed E-state index contributed by atoms with van der Waals surface area (Å²) in [4.78, 5) is 11.9. The molecule has 130 valence electrons. The molecule has 2 aliphatic rings. The highest BCUT2D eigenvalue weighted by Crippen LogP contribution is 2.35. The monoisotopic (exact) mass is 343 g/mol. The van der Waals surface area contributed by atoms with Crippen LogP contribution in [0.2, 0.25) is 0 Å². The van der Waals surface area contributed by atoms with Gasteiger partial charge in [-0.3, -0.25) is 4.79 Å². The molecule has 1 amide bonds. The van der Waals surface area contributed by atoms with Crippen molar-refractivity contribution < 1.29 is 28.5 Å². The third-order valence-corrected chi connectivity index (χ3v) is 3.89. The molecule has 0 spiro atoms. The highest BCUT2D eigenvalue weighted by molar-refractivity contribution is 5.77. The Kier molecular flexibility index (Phi) is 4.20. The maximum atomic E-state index is 11.9. The van der Waals surface area contributed by atoms with E-state index >= 15 is 0 Å². The van der Waals surface area contributed by atoms with Crippen LogP contribution in [-0.4, -0.2) is 32.6 Å². The van der Waals surface area contributed by atoms with Gasteiger partial charge >= 0.3 is 0 Å². The Morgan fingerprint density at radius 3 is 2.40 bits per heavy atom. The number of hydrogen-bond donors (Lipinski definition) is 1. The van der Waals surface area contributed by atoms with E-state index in [0.717, 1.165) is 17.1 Å². The molecule has 7 nitrogen and oxygen atoms in total.